The molecule has 11 nitrogen and oxygen atoms in total. The quantitative estimate of drug-likeness (QED) is 0.458. The number of nitrogens with zero attached hydrogens (tertiary/aromatic N) is 5. The van der Waals surface area contributed by atoms with Crippen LogP contribution in [0.15, 0.2) is 41.6 Å². The van der Waals surface area contributed by atoms with Crippen LogP contribution in [0, 0.1) is 5.92 Å². The lowest BCUT2D eigenvalue weighted by atomic mass is 9.91. The van der Waals surface area contributed by atoms with Crippen molar-refractivity contribution in [3.63, 3.8) is 0 Å². The van der Waals surface area contributed by atoms with Gasteiger partial charge in [-0.05, 0) is 56.7 Å². The summed E-state index contributed by atoms with van der Waals surface area (Å²) >= 11 is 0. The van der Waals surface area contributed by atoms with E-state index in [1.807, 2.05) is 17.0 Å². The lowest BCUT2D eigenvalue weighted by Crippen LogP contribution is -2.50. The Morgan fingerprint density at radius 2 is 1.87 bits per heavy atom. The van der Waals surface area contributed by atoms with Gasteiger partial charge in [0.15, 0.2) is 5.65 Å². The molecule has 3 amide bonds. The molecule has 3 N–H and O–H groups in total. The molecule has 0 atom stereocenters. The van der Waals surface area contributed by atoms with Crippen molar-refractivity contribution < 1.29 is 14.7 Å². The summed E-state index contributed by atoms with van der Waals surface area (Å²) in [6.45, 7) is 1.11. The van der Waals surface area contributed by atoms with Crippen molar-refractivity contribution in [3.8, 4) is 5.69 Å². The summed E-state index contributed by atoms with van der Waals surface area (Å²) in [4.78, 5) is 44.3. The second-order valence-corrected chi connectivity index (χ2v) is 10.9. The predicted molar refractivity (Wildman–Crippen MR) is 141 cm³/mol. The first-order valence-electron chi connectivity index (χ1n) is 13.5. The van der Waals surface area contributed by atoms with Crippen LogP contribution in [-0.4, -0.2) is 66.0 Å². The highest BCUT2D eigenvalue weighted by molar-refractivity contribution is 5.90. The van der Waals surface area contributed by atoms with Gasteiger partial charge in [0.25, 0.3) is 5.56 Å². The number of benzene rings is 1. The molecule has 0 radical (unpaired) electrons. The molecule has 1 saturated heterocycles. The summed E-state index contributed by atoms with van der Waals surface area (Å²) in [5, 5.41) is 21.8. The first-order chi connectivity index (χ1) is 18.4. The number of carbonyl (C=O) groups is 2. The third-order valence-corrected chi connectivity index (χ3v) is 7.99. The minimum atomic E-state index is -1.07. The van der Waals surface area contributed by atoms with Gasteiger partial charge in [0, 0.05) is 30.7 Å². The number of aromatic nitrogens is 4. The predicted octanol–water partition coefficient (Wildman–Crippen LogP) is 2.41. The van der Waals surface area contributed by atoms with E-state index in [9.17, 15) is 19.5 Å². The molecule has 200 valence electrons. The highest BCUT2D eigenvalue weighted by Gasteiger charge is 2.39. The van der Waals surface area contributed by atoms with Crippen molar-refractivity contribution in [2.24, 2.45) is 5.92 Å². The molecule has 2 aromatic heterocycles. The highest BCUT2D eigenvalue weighted by atomic mass is 16.3. The van der Waals surface area contributed by atoms with Crippen molar-refractivity contribution in [2.75, 3.05) is 18.4 Å². The Balaban J connectivity index is 1.16. The molecule has 3 fully saturated rings. The van der Waals surface area contributed by atoms with Crippen molar-refractivity contribution in [1.82, 2.24) is 29.5 Å². The van der Waals surface area contributed by atoms with Crippen LogP contribution in [0.4, 0.5) is 10.5 Å². The van der Waals surface area contributed by atoms with Gasteiger partial charge in [-0.2, -0.15) is 5.10 Å². The van der Waals surface area contributed by atoms with Crippen LogP contribution in [0.5, 0.6) is 0 Å². The molecule has 2 saturated carbocycles. The van der Waals surface area contributed by atoms with Crippen molar-refractivity contribution in [2.45, 2.75) is 69.6 Å². The van der Waals surface area contributed by atoms with Gasteiger partial charge in [0.05, 0.1) is 24.0 Å². The van der Waals surface area contributed by atoms with Gasteiger partial charge < -0.3 is 20.6 Å². The van der Waals surface area contributed by atoms with E-state index in [2.05, 4.69) is 20.7 Å². The fourth-order valence-electron chi connectivity index (χ4n) is 5.60. The molecular weight excluding hydrogens is 486 g/mol. The van der Waals surface area contributed by atoms with Crippen molar-refractivity contribution >= 4 is 28.7 Å². The first-order valence-corrected chi connectivity index (χ1v) is 13.5. The van der Waals surface area contributed by atoms with Gasteiger partial charge in [-0.15, -0.1) is 0 Å². The number of piperidine rings is 1. The molecule has 0 unspecified atom stereocenters. The lowest BCUT2D eigenvalue weighted by Gasteiger charge is -2.38. The number of amides is 3. The topological polar surface area (TPSA) is 134 Å². The van der Waals surface area contributed by atoms with Crippen LogP contribution in [0.2, 0.25) is 0 Å². The molecule has 1 aliphatic heterocycles. The third-order valence-electron chi connectivity index (χ3n) is 7.99. The first kappa shape index (κ1) is 24.6. The van der Waals surface area contributed by atoms with Gasteiger partial charge in [-0.25, -0.2) is 14.5 Å². The van der Waals surface area contributed by atoms with E-state index in [-0.39, 0.29) is 36.0 Å². The Morgan fingerprint density at radius 3 is 2.61 bits per heavy atom. The second kappa shape index (κ2) is 9.86. The molecule has 0 spiro atoms. The Kier molecular flexibility index (Phi) is 6.38. The second-order valence-electron chi connectivity index (χ2n) is 10.9. The third kappa shape index (κ3) is 5.02. The van der Waals surface area contributed by atoms with E-state index in [4.69, 9.17) is 0 Å². The highest BCUT2D eigenvalue weighted by Crippen LogP contribution is 2.33. The number of carbonyl (C=O) groups excluding carboxylic acids is 2. The number of likely N-dealkylation sites (tertiary alicyclic amines) is 1. The average Bonchev–Trinajstić information content (AvgIpc) is 3.46. The van der Waals surface area contributed by atoms with Crippen molar-refractivity contribution in [3.05, 3.63) is 47.1 Å². The molecule has 38 heavy (non-hydrogen) atoms. The average molecular weight is 520 g/mol. The summed E-state index contributed by atoms with van der Waals surface area (Å²) in [5.41, 5.74) is 0.319. The maximum atomic E-state index is 13.3. The zero-order valence-corrected chi connectivity index (χ0v) is 21.3. The number of fused-ring (bicyclic) bond motifs is 1. The van der Waals surface area contributed by atoms with Gasteiger partial charge in [0.2, 0.25) is 5.91 Å². The summed E-state index contributed by atoms with van der Waals surface area (Å²) in [6, 6.07) is 7.21. The van der Waals surface area contributed by atoms with Crippen LogP contribution in [0.3, 0.4) is 0 Å². The van der Waals surface area contributed by atoms with E-state index in [0.29, 0.717) is 48.3 Å². The van der Waals surface area contributed by atoms with Crippen LogP contribution in [-0.2, 0) is 11.3 Å². The monoisotopic (exact) mass is 519 g/mol. The molecule has 11 heteroatoms. The lowest BCUT2D eigenvalue weighted by molar-refractivity contribution is -0.137. The van der Waals surface area contributed by atoms with E-state index >= 15 is 0 Å². The molecular formula is C27H33N7O4. The number of urea groups is 1. The van der Waals surface area contributed by atoms with Gasteiger partial charge in [-0.1, -0.05) is 18.9 Å². The number of rotatable bonds is 6. The molecule has 3 aliphatic rings. The largest absolute Gasteiger partial charge is 0.388 e. The molecule has 2 aliphatic carbocycles. The summed E-state index contributed by atoms with van der Waals surface area (Å²) in [6.07, 6.45) is 9.98. The minimum Gasteiger partial charge on any atom is -0.388 e. The number of hydrogen-bond acceptors (Lipinski definition) is 6. The molecule has 1 aromatic carbocycles. The smallest absolute Gasteiger partial charge is 0.319 e. The normalized spacial score (nSPS) is 19.6. The van der Waals surface area contributed by atoms with Gasteiger partial charge >= 0.3 is 6.03 Å². The van der Waals surface area contributed by atoms with Crippen LogP contribution < -0.4 is 16.2 Å². The van der Waals surface area contributed by atoms with E-state index in [1.165, 1.54) is 17.1 Å². The molecule has 0 bridgehead atoms. The van der Waals surface area contributed by atoms with Crippen LogP contribution in [0.25, 0.3) is 16.7 Å². The Hall–Kier alpha value is -3.73. The molecule has 3 aromatic rings. The molecule has 3 heterocycles. The SMILES string of the molecule is O=C(Nc1cccc(-n2ncc3c(=O)n(CC4(O)CCN(C(=O)C5CC5)CC4)cnc32)c1)NC1CCCC1. The minimum absolute atomic E-state index is 0.112. The van der Waals surface area contributed by atoms with Crippen LogP contribution >= 0.6 is 0 Å². The van der Waals surface area contributed by atoms with Crippen LogP contribution in [0.1, 0.15) is 51.4 Å². The summed E-state index contributed by atoms with van der Waals surface area (Å²) < 4.78 is 3.00. The van der Waals surface area contributed by atoms with Crippen molar-refractivity contribution in [1.29, 1.82) is 0 Å². The number of anilines is 1. The van der Waals surface area contributed by atoms with E-state index in [0.717, 1.165) is 38.5 Å². The van der Waals surface area contributed by atoms with E-state index in [1.54, 1.807) is 16.8 Å². The van der Waals surface area contributed by atoms with Gasteiger partial charge in [0.1, 0.15) is 11.7 Å². The summed E-state index contributed by atoms with van der Waals surface area (Å²) in [5.74, 6) is 0.353. The Labute approximate surface area is 219 Å². The summed E-state index contributed by atoms with van der Waals surface area (Å²) in [7, 11) is 0. The zero-order chi connectivity index (χ0) is 26.3. The number of nitrogens with one attached hydrogen (secondary N) is 2. The zero-order valence-electron chi connectivity index (χ0n) is 21.3. The fraction of sp³-hybridized carbons (Fsp3) is 0.519. The van der Waals surface area contributed by atoms with Gasteiger partial charge in [-0.3, -0.25) is 14.2 Å². The standard InChI is InChI=1S/C27H33N7O4/c35-24(18-8-9-18)32-12-10-27(38,11-13-32)16-33-17-28-23-22(25(33)36)15-29-34(23)21-7-3-6-20(14-21)31-26(37)30-19-4-1-2-5-19/h3,6-7,14-15,17-19,38H,1-2,4-5,8-13,16H2,(H2,30,31,37). The maximum Gasteiger partial charge on any atom is 0.319 e. The molecule has 6 rings (SSSR count). The Morgan fingerprint density at radius 1 is 1.11 bits per heavy atom. The fourth-order valence-corrected chi connectivity index (χ4v) is 5.60. The maximum absolute atomic E-state index is 13.3. The number of hydrogen-bond donors (Lipinski definition) is 3. The van der Waals surface area contributed by atoms with E-state index < -0.39 is 5.60 Å². The number of aliphatic hydroxyl groups is 1. The Bertz CT molecular complexity index is 1410.